The molecule has 0 radical (unpaired) electrons. The molecule has 1 rings (SSSR count). The molecular weight excluding hydrogens is 308 g/mol. The smallest absolute Gasteiger partial charge is 0.243 e. The fourth-order valence-corrected chi connectivity index (χ4v) is 3.45. The standard InChI is InChI=1S/C15H23ClN2O2S/c1-5-8-17-10-13-6-7-14(9-15(13)16)21(19,20)18(4)11-12(2)3/h6-7,9,17H,2,5,8,10-11H2,1,3-4H3. The lowest BCUT2D eigenvalue weighted by Gasteiger charge is -2.18. The van der Waals surface area contributed by atoms with Crippen LogP contribution in [0.5, 0.6) is 0 Å². The van der Waals surface area contributed by atoms with Crippen molar-refractivity contribution in [3.05, 3.63) is 40.9 Å². The fraction of sp³-hybridized carbons (Fsp3) is 0.467. The first-order chi connectivity index (χ1) is 9.78. The predicted octanol–water partition coefficient (Wildman–Crippen LogP) is 3.04. The van der Waals surface area contributed by atoms with E-state index in [0.29, 0.717) is 18.1 Å². The number of sulfonamides is 1. The van der Waals surface area contributed by atoms with Crippen molar-refractivity contribution >= 4 is 21.6 Å². The van der Waals surface area contributed by atoms with Crippen molar-refractivity contribution in [3.8, 4) is 0 Å². The van der Waals surface area contributed by atoms with Crippen molar-refractivity contribution in [1.82, 2.24) is 9.62 Å². The van der Waals surface area contributed by atoms with Crippen LogP contribution in [-0.2, 0) is 16.6 Å². The van der Waals surface area contributed by atoms with Crippen molar-refractivity contribution in [2.24, 2.45) is 0 Å². The van der Waals surface area contributed by atoms with Crippen LogP contribution in [0.1, 0.15) is 25.8 Å². The molecule has 21 heavy (non-hydrogen) atoms. The van der Waals surface area contributed by atoms with E-state index in [1.807, 2.05) is 0 Å². The van der Waals surface area contributed by atoms with Crippen molar-refractivity contribution in [2.45, 2.75) is 31.7 Å². The van der Waals surface area contributed by atoms with Crippen LogP contribution in [0.2, 0.25) is 5.02 Å². The molecule has 0 unspecified atom stereocenters. The van der Waals surface area contributed by atoms with Crippen molar-refractivity contribution < 1.29 is 8.42 Å². The molecule has 118 valence electrons. The SMILES string of the molecule is C=C(C)CN(C)S(=O)(=O)c1ccc(CNCCC)c(Cl)c1. The first-order valence-corrected chi connectivity index (χ1v) is 8.70. The molecule has 0 aliphatic rings. The molecular formula is C15H23ClN2O2S. The quantitative estimate of drug-likeness (QED) is 0.588. The first kappa shape index (κ1) is 18.2. The first-order valence-electron chi connectivity index (χ1n) is 6.89. The number of rotatable bonds is 8. The van der Waals surface area contributed by atoms with Crippen molar-refractivity contribution in [1.29, 1.82) is 0 Å². The largest absolute Gasteiger partial charge is 0.313 e. The molecule has 0 fully saturated rings. The highest BCUT2D eigenvalue weighted by Gasteiger charge is 2.21. The van der Waals surface area contributed by atoms with Crippen LogP contribution in [0, 0.1) is 0 Å². The van der Waals surface area contributed by atoms with Crippen LogP contribution in [0.3, 0.4) is 0 Å². The van der Waals surface area contributed by atoms with Gasteiger partial charge in [-0.05, 0) is 37.6 Å². The minimum absolute atomic E-state index is 0.204. The predicted molar refractivity (Wildman–Crippen MR) is 88.1 cm³/mol. The highest BCUT2D eigenvalue weighted by molar-refractivity contribution is 7.89. The van der Waals surface area contributed by atoms with Gasteiger partial charge in [0.05, 0.1) is 4.90 Å². The van der Waals surface area contributed by atoms with Gasteiger partial charge in [-0.25, -0.2) is 8.42 Å². The van der Waals surface area contributed by atoms with Gasteiger partial charge in [-0.3, -0.25) is 0 Å². The van der Waals surface area contributed by atoms with Gasteiger partial charge in [-0.15, -0.1) is 0 Å². The molecule has 0 amide bonds. The van der Waals surface area contributed by atoms with E-state index >= 15 is 0 Å². The Morgan fingerprint density at radius 1 is 1.43 bits per heavy atom. The minimum atomic E-state index is -3.53. The van der Waals surface area contributed by atoms with Crippen LogP contribution in [0.15, 0.2) is 35.2 Å². The van der Waals surface area contributed by atoms with Gasteiger partial charge in [0, 0.05) is 25.2 Å². The summed E-state index contributed by atoms with van der Waals surface area (Å²) in [5, 5.41) is 3.70. The minimum Gasteiger partial charge on any atom is -0.313 e. The molecule has 0 saturated heterocycles. The van der Waals surface area contributed by atoms with Crippen molar-refractivity contribution in [2.75, 3.05) is 20.1 Å². The van der Waals surface area contributed by atoms with E-state index in [9.17, 15) is 8.42 Å². The number of benzene rings is 1. The lowest BCUT2D eigenvalue weighted by Crippen LogP contribution is -2.28. The molecule has 0 saturated carbocycles. The summed E-state index contributed by atoms with van der Waals surface area (Å²) in [5.74, 6) is 0. The zero-order chi connectivity index (χ0) is 16.0. The van der Waals surface area contributed by atoms with E-state index in [1.165, 1.54) is 17.4 Å². The summed E-state index contributed by atoms with van der Waals surface area (Å²) < 4.78 is 26.1. The number of likely N-dealkylation sites (N-methyl/N-ethyl adjacent to an activating group) is 1. The summed E-state index contributed by atoms with van der Waals surface area (Å²) in [6.45, 7) is 9.44. The van der Waals surface area contributed by atoms with E-state index in [1.54, 1.807) is 19.1 Å². The van der Waals surface area contributed by atoms with E-state index in [4.69, 9.17) is 11.6 Å². The van der Waals surface area contributed by atoms with Crippen LogP contribution < -0.4 is 5.32 Å². The molecule has 0 bridgehead atoms. The van der Waals surface area contributed by atoms with Crippen LogP contribution >= 0.6 is 11.6 Å². The summed E-state index contributed by atoms with van der Waals surface area (Å²) in [6.07, 6.45) is 1.04. The molecule has 0 aromatic heterocycles. The van der Waals surface area contributed by atoms with Gasteiger partial charge in [0.2, 0.25) is 10.0 Å². The second-order valence-corrected chi connectivity index (χ2v) is 7.60. The Kier molecular flexibility index (Phi) is 6.87. The number of nitrogens with zero attached hydrogens (tertiary/aromatic N) is 1. The Bertz CT molecular complexity index is 600. The fourth-order valence-electron chi connectivity index (χ4n) is 1.88. The van der Waals surface area contributed by atoms with Gasteiger partial charge in [-0.1, -0.05) is 36.7 Å². The Labute approximate surface area is 132 Å². The normalized spacial score (nSPS) is 11.9. The zero-order valence-corrected chi connectivity index (χ0v) is 14.4. The summed E-state index contributed by atoms with van der Waals surface area (Å²) in [7, 11) is -1.99. The maximum atomic E-state index is 12.4. The molecule has 0 aliphatic heterocycles. The van der Waals surface area contributed by atoms with Crippen LogP contribution in [-0.4, -0.2) is 32.9 Å². The molecule has 4 nitrogen and oxygen atoms in total. The van der Waals surface area contributed by atoms with Gasteiger partial charge < -0.3 is 5.32 Å². The summed E-state index contributed by atoms with van der Waals surface area (Å²) in [5.41, 5.74) is 1.68. The molecule has 0 heterocycles. The van der Waals surface area contributed by atoms with E-state index in [0.717, 1.165) is 24.1 Å². The van der Waals surface area contributed by atoms with E-state index < -0.39 is 10.0 Å². The molecule has 1 N–H and O–H groups in total. The number of halogens is 1. The lowest BCUT2D eigenvalue weighted by molar-refractivity contribution is 0.493. The number of hydrogen-bond acceptors (Lipinski definition) is 3. The Hall–Kier alpha value is -0.880. The highest BCUT2D eigenvalue weighted by atomic mass is 35.5. The van der Waals surface area contributed by atoms with Crippen LogP contribution in [0.25, 0.3) is 0 Å². The van der Waals surface area contributed by atoms with E-state index in [-0.39, 0.29) is 4.90 Å². The average Bonchev–Trinajstić information content (AvgIpc) is 2.39. The topological polar surface area (TPSA) is 49.4 Å². The molecule has 0 atom stereocenters. The maximum absolute atomic E-state index is 12.4. The third kappa shape index (κ3) is 5.11. The van der Waals surface area contributed by atoms with Crippen molar-refractivity contribution in [3.63, 3.8) is 0 Å². The summed E-state index contributed by atoms with van der Waals surface area (Å²) >= 11 is 6.18. The molecule has 1 aromatic rings. The summed E-state index contributed by atoms with van der Waals surface area (Å²) in [6, 6.07) is 4.86. The van der Waals surface area contributed by atoms with Gasteiger partial charge >= 0.3 is 0 Å². The second kappa shape index (κ2) is 7.94. The van der Waals surface area contributed by atoms with E-state index in [2.05, 4.69) is 18.8 Å². The third-order valence-electron chi connectivity index (χ3n) is 2.97. The Balaban J connectivity index is 2.94. The van der Waals surface area contributed by atoms with Gasteiger partial charge in [0.25, 0.3) is 0 Å². The molecule has 0 aliphatic carbocycles. The zero-order valence-electron chi connectivity index (χ0n) is 12.8. The Morgan fingerprint density at radius 3 is 2.62 bits per heavy atom. The van der Waals surface area contributed by atoms with Gasteiger partial charge in [0.1, 0.15) is 0 Å². The number of nitrogens with one attached hydrogen (secondary N) is 1. The maximum Gasteiger partial charge on any atom is 0.243 e. The monoisotopic (exact) mass is 330 g/mol. The molecule has 6 heteroatoms. The highest BCUT2D eigenvalue weighted by Crippen LogP contribution is 2.23. The molecule has 0 spiro atoms. The summed E-state index contributed by atoms with van der Waals surface area (Å²) in [4.78, 5) is 0.204. The molecule has 1 aromatic carbocycles. The third-order valence-corrected chi connectivity index (χ3v) is 5.12. The number of hydrogen-bond donors (Lipinski definition) is 1. The average molecular weight is 331 g/mol. The van der Waals surface area contributed by atoms with Gasteiger partial charge in [-0.2, -0.15) is 4.31 Å². The van der Waals surface area contributed by atoms with Crippen LogP contribution in [0.4, 0.5) is 0 Å². The Morgan fingerprint density at radius 2 is 2.10 bits per heavy atom. The second-order valence-electron chi connectivity index (χ2n) is 5.15. The van der Waals surface area contributed by atoms with Gasteiger partial charge in [0.15, 0.2) is 0 Å². The lowest BCUT2D eigenvalue weighted by atomic mass is 10.2.